The lowest BCUT2D eigenvalue weighted by molar-refractivity contribution is 0.473. The third kappa shape index (κ3) is 2.04. The normalized spacial score (nSPS) is 12.9. The summed E-state index contributed by atoms with van der Waals surface area (Å²) < 4.78 is 2.14. The Hall–Kier alpha value is -1.09. The van der Waals surface area contributed by atoms with Gasteiger partial charge in [-0.2, -0.15) is 0 Å². The summed E-state index contributed by atoms with van der Waals surface area (Å²) in [6.07, 6.45) is 0.987. The summed E-state index contributed by atoms with van der Waals surface area (Å²) in [6, 6.07) is 3.62. The summed E-state index contributed by atoms with van der Waals surface area (Å²) in [5.41, 5.74) is 7.75. The molecular formula is C11H18N2O. The molecule has 0 amide bonds. The molecule has 0 aliphatic rings. The SMILES string of the molecule is CCC(CN)n1c(C)cc(=O)cc1C. The van der Waals surface area contributed by atoms with Crippen molar-refractivity contribution in [1.82, 2.24) is 4.57 Å². The van der Waals surface area contributed by atoms with Crippen LogP contribution in [0.2, 0.25) is 0 Å². The minimum Gasteiger partial charge on any atom is -0.345 e. The molecule has 0 saturated carbocycles. The van der Waals surface area contributed by atoms with Gasteiger partial charge in [-0.15, -0.1) is 0 Å². The first-order chi connectivity index (χ1) is 6.60. The summed E-state index contributed by atoms with van der Waals surface area (Å²) in [6.45, 7) is 6.62. The van der Waals surface area contributed by atoms with Gasteiger partial charge in [-0.1, -0.05) is 6.92 Å². The monoisotopic (exact) mass is 194 g/mol. The molecule has 1 atom stereocenters. The average molecular weight is 194 g/mol. The molecule has 0 aromatic carbocycles. The number of nitrogens with zero attached hydrogens (tertiary/aromatic N) is 1. The average Bonchev–Trinajstić information content (AvgIpc) is 2.10. The Morgan fingerprint density at radius 2 is 1.86 bits per heavy atom. The number of hydrogen-bond acceptors (Lipinski definition) is 2. The van der Waals surface area contributed by atoms with Crippen LogP contribution in [-0.4, -0.2) is 11.1 Å². The van der Waals surface area contributed by atoms with Gasteiger partial charge < -0.3 is 10.3 Å². The molecule has 2 N–H and O–H groups in total. The summed E-state index contributed by atoms with van der Waals surface area (Å²) in [4.78, 5) is 11.2. The zero-order chi connectivity index (χ0) is 10.7. The lowest BCUT2D eigenvalue weighted by atomic mass is 10.1. The van der Waals surface area contributed by atoms with Gasteiger partial charge in [0.25, 0.3) is 0 Å². The van der Waals surface area contributed by atoms with Crippen LogP contribution in [0.5, 0.6) is 0 Å². The van der Waals surface area contributed by atoms with Crippen molar-refractivity contribution in [2.75, 3.05) is 6.54 Å². The fourth-order valence-electron chi connectivity index (χ4n) is 1.90. The molecule has 1 unspecified atom stereocenters. The van der Waals surface area contributed by atoms with Crippen LogP contribution in [0.3, 0.4) is 0 Å². The van der Waals surface area contributed by atoms with Crippen LogP contribution in [-0.2, 0) is 0 Å². The van der Waals surface area contributed by atoms with E-state index in [9.17, 15) is 4.79 Å². The van der Waals surface area contributed by atoms with Gasteiger partial charge in [0.05, 0.1) is 0 Å². The number of rotatable bonds is 3. The van der Waals surface area contributed by atoms with E-state index < -0.39 is 0 Å². The molecule has 0 aliphatic carbocycles. The Morgan fingerprint density at radius 1 is 1.36 bits per heavy atom. The van der Waals surface area contributed by atoms with Crippen LogP contribution in [0, 0.1) is 13.8 Å². The molecule has 1 aromatic rings. The number of pyridine rings is 1. The van der Waals surface area contributed by atoms with E-state index in [4.69, 9.17) is 5.73 Å². The Morgan fingerprint density at radius 3 is 2.21 bits per heavy atom. The molecule has 0 bridgehead atoms. The second-order valence-corrected chi connectivity index (χ2v) is 3.64. The molecule has 14 heavy (non-hydrogen) atoms. The zero-order valence-electron chi connectivity index (χ0n) is 9.08. The first-order valence-corrected chi connectivity index (χ1v) is 5.00. The van der Waals surface area contributed by atoms with Crippen molar-refractivity contribution in [1.29, 1.82) is 0 Å². The molecule has 0 radical (unpaired) electrons. The molecule has 0 saturated heterocycles. The van der Waals surface area contributed by atoms with Crippen LogP contribution in [0.4, 0.5) is 0 Å². The van der Waals surface area contributed by atoms with E-state index in [1.165, 1.54) is 0 Å². The predicted octanol–water partition coefficient (Wildman–Crippen LogP) is 1.37. The van der Waals surface area contributed by atoms with Gasteiger partial charge in [0.2, 0.25) is 0 Å². The smallest absolute Gasteiger partial charge is 0.182 e. The maximum absolute atomic E-state index is 11.2. The van der Waals surface area contributed by atoms with E-state index in [1.54, 1.807) is 12.1 Å². The van der Waals surface area contributed by atoms with Crippen molar-refractivity contribution in [3.63, 3.8) is 0 Å². The maximum Gasteiger partial charge on any atom is 0.182 e. The maximum atomic E-state index is 11.2. The molecule has 1 aromatic heterocycles. The van der Waals surface area contributed by atoms with Crippen LogP contribution in [0.15, 0.2) is 16.9 Å². The van der Waals surface area contributed by atoms with E-state index in [0.29, 0.717) is 12.6 Å². The van der Waals surface area contributed by atoms with Crippen molar-refractivity contribution in [2.24, 2.45) is 5.73 Å². The molecule has 1 rings (SSSR count). The first-order valence-electron chi connectivity index (χ1n) is 5.00. The minimum absolute atomic E-state index is 0.0723. The molecule has 0 aliphatic heterocycles. The van der Waals surface area contributed by atoms with Crippen LogP contribution < -0.4 is 11.2 Å². The van der Waals surface area contributed by atoms with Gasteiger partial charge in [0.1, 0.15) is 0 Å². The quantitative estimate of drug-likeness (QED) is 0.790. The Balaban J connectivity index is 3.26. The van der Waals surface area contributed by atoms with Crippen LogP contribution in [0.1, 0.15) is 30.8 Å². The molecular weight excluding hydrogens is 176 g/mol. The third-order valence-corrected chi connectivity index (χ3v) is 2.57. The predicted molar refractivity (Wildman–Crippen MR) is 58.6 cm³/mol. The van der Waals surface area contributed by atoms with Gasteiger partial charge in [-0.3, -0.25) is 4.79 Å². The van der Waals surface area contributed by atoms with Crippen molar-refractivity contribution in [3.8, 4) is 0 Å². The highest BCUT2D eigenvalue weighted by molar-refractivity contribution is 5.13. The van der Waals surface area contributed by atoms with Gasteiger partial charge in [-0.25, -0.2) is 0 Å². The van der Waals surface area contributed by atoms with Crippen molar-refractivity contribution in [2.45, 2.75) is 33.2 Å². The molecule has 3 nitrogen and oxygen atoms in total. The van der Waals surface area contributed by atoms with Crippen molar-refractivity contribution < 1.29 is 0 Å². The Labute approximate surface area is 84.6 Å². The van der Waals surface area contributed by atoms with E-state index in [1.807, 2.05) is 13.8 Å². The third-order valence-electron chi connectivity index (χ3n) is 2.57. The molecule has 1 heterocycles. The summed E-state index contributed by atoms with van der Waals surface area (Å²) >= 11 is 0. The number of aryl methyl sites for hydroxylation is 2. The number of nitrogens with two attached hydrogens (primary N) is 1. The Bertz CT molecular complexity index is 338. The largest absolute Gasteiger partial charge is 0.345 e. The van der Waals surface area contributed by atoms with Gasteiger partial charge in [0, 0.05) is 36.1 Å². The second-order valence-electron chi connectivity index (χ2n) is 3.64. The zero-order valence-corrected chi connectivity index (χ0v) is 9.08. The summed E-state index contributed by atoms with van der Waals surface area (Å²) in [5.74, 6) is 0. The molecule has 3 heteroatoms. The van der Waals surface area contributed by atoms with Gasteiger partial charge >= 0.3 is 0 Å². The molecule has 78 valence electrons. The number of aromatic nitrogens is 1. The number of hydrogen-bond donors (Lipinski definition) is 1. The van der Waals surface area contributed by atoms with E-state index in [0.717, 1.165) is 17.8 Å². The van der Waals surface area contributed by atoms with E-state index >= 15 is 0 Å². The first kappa shape index (κ1) is 11.0. The summed E-state index contributed by atoms with van der Waals surface area (Å²) in [7, 11) is 0. The fraction of sp³-hybridized carbons (Fsp3) is 0.545. The van der Waals surface area contributed by atoms with E-state index in [2.05, 4.69) is 11.5 Å². The van der Waals surface area contributed by atoms with Gasteiger partial charge in [0.15, 0.2) is 5.43 Å². The lowest BCUT2D eigenvalue weighted by Crippen LogP contribution is -2.24. The highest BCUT2D eigenvalue weighted by Gasteiger charge is 2.10. The van der Waals surface area contributed by atoms with Crippen molar-refractivity contribution in [3.05, 3.63) is 33.7 Å². The highest BCUT2D eigenvalue weighted by atomic mass is 16.1. The molecule has 0 spiro atoms. The van der Waals surface area contributed by atoms with Gasteiger partial charge in [-0.05, 0) is 20.3 Å². The minimum atomic E-state index is 0.0723. The Kier molecular flexibility index (Phi) is 3.47. The fourth-order valence-corrected chi connectivity index (χ4v) is 1.90. The lowest BCUT2D eigenvalue weighted by Gasteiger charge is -2.22. The standard InChI is InChI=1S/C11H18N2O/c1-4-10(7-12)13-8(2)5-11(14)6-9(13)3/h5-6,10H,4,7,12H2,1-3H3. The van der Waals surface area contributed by atoms with Crippen LogP contribution in [0.25, 0.3) is 0 Å². The highest BCUT2D eigenvalue weighted by Crippen LogP contribution is 2.14. The van der Waals surface area contributed by atoms with E-state index in [-0.39, 0.29) is 5.43 Å². The summed E-state index contributed by atoms with van der Waals surface area (Å²) in [5, 5.41) is 0. The second kappa shape index (κ2) is 4.42. The molecule has 0 fully saturated rings. The van der Waals surface area contributed by atoms with Crippen LogP contribution >= 0.6 is 0 Å². The van der Waals surface area contributed by atoms with Crippen molar-refractivity contribution >= 4 is 0 Å². The topological polar surface area (TPSA) is 48.0 Å².